The summed E-state index contributed by atoms with van der Waals surface area (Å²) in [4.78, 5) is 15.9. The summed E-state index contributed by atoms with van der Waals surface area (Å²) < 4.78 is 5.91. The minimum Gasteiger partial charge on any atom is -0.488 e. The average molecular weight is 408 g/mol. The molecule has 1 aromatic carbocycles. The number of amides is 2. The van der Waals surface area contributed by atoms with Gasteiger partial charge >= 0.3 is 6.03 Å². The topological polar surface area (TPSA) is 97.2 Å². The van der Waals surface area contributed by atoms with Gasteiger partial charge in [0, 0.05) is 30.2 Å². The first-order valence-corrected chi connectivity index (χ1v) is 9.72. The van der Waals surface area contributed by atoms with E-state index in [2.05, 4.69) is 30.9 Å². The lowest BCUT2D eigenvalue weighted by molar-refractivity contribution is 0.0157. The van der Waals surface area contributed by atoms with Crippen molar-refractivity contribution in [1.29, 1.82) is 0 Å². The number of tetrazole rings is 1. The number of benzene rings is 1. The van der Waals surface area contributed by atoms with Crippen LogP contribution >= 0.6 is 11.6 Å². The quantitative estimate of drug-likeness (QED) is 0.697. The molecular weight excluding hydrogens is 382 g/mol. The summed E-state index contributed by atoms with van der Waals surface area (Å²) in [6, 6.07) is 7.07. The molecule has 0 spiro atoms. The van der Waals surface area contributed by atoms with Crippen LogP contribution in [0.1, 0.15) is 27.2 Å². The number of aryl methyl sites for hydroxylation is 1. The van der Waals surface area contributed by atoms with E-state index in [-0.39, 0.29) is 23.6 Å². The zero-order valence-electron chi connectivity index (χ0n) is 16.4. The Balaban J connectivity index is 1.35. The van der Waals surface area contributed by atoms with Gasteiger partial charge in [0.2, 0.25) is 0 Å². The summed E-state index contributed by atoms with van der Waals surface area (Å²) in [6.45, 7) is 9.09. The molecule has 0 radical (unpaired) electrons. The van der Waals surface area contributed by atoms with Crippen LogP contribution in [0.5, 0.6) is 5.75 Å². The molecule has 152 valence electrons. The molecule has 2 N–H and O–H groups in total. The molecule has 1 aromatic heterocycles. The number of nitrogens with zero attached hydrogens (tertiary/aromatic N) is 5. The fraction of sp³-hybridized carbons (Fsp3) is 0.556. The van der Waals surface area contributed by atoms with Crippen LogP contribution in [0.4, 0.5) is 10.7 Å². The van der Waals surface area contributed by atoms with Crippen LogP contribution in [-0.4, -0.2) is 62.4 Å². The number of nitrogens with one attached hydrogen (secondary N) is 2. The highest BCUT2D eigenvalue weighted by atomic mass is 35.5. The maximum atomic E-state index is 12.2. The van der Waals surface area contributed by atoms with E-state index in [1.165, 1.54) is 4.80 Å². The maximum Gasteiger partial charge on any atom is 0.322 e. The van der Waals surface area contributed by atoms with Crippen molar-refractivity contribution in [3.8, 4) is 5.75 Å². The monoisotopic (exact) mass is 407 g/mol. The molecule has 1 aliphatic heterocycles. The number of likely N-dealkylation sites (tertiary alicyclic amines) is 1. The molecule has 0 atom stereocenters. The molecule has 9 nitrogen and oxygen atoms in total. The fourth-order valence-corrected chi connectivity index (χ4v) is 2.98. The third-order valence-electron chi connectivity index (χ3n) is 4.51. The second-order valence-corrected chi connectivity index (χ2v) is 7.90. The van der Waals surface area contributed by atoms with Gasteiger partial charge in [-0.3, -0.25) is 10.2 Å². The molecule has 3 rings (SSSR count). The number of hydrogen-bond acceptors (Lipinski definition) is 6. The van der Waals surface area contributed by atoms with Gasteiger partial charge < -0.3 is 10.1 Å². The van der Waals surface area contributed by atoms with E-state index in [4.69, 9.17) is 16.3 Å². The first kappa shape index (κ1) is 20.3. The van der Waals surface area contributed by atoms with Crippen molar-refractivity contribution < 1.29 is 9.53 Å². The van der Waals surface area contributed by atoms with Crippen LogP contribution in [-0.2, 0) is 6.54 Å². The Bertz CT molecular complexity index is 787. The summed E-state index contributed by atoms with van der Waals surface area (Å²) in [5.41, 5.74) is -0.368. The predicted molar refractivity (Wildman–Crippen MR) is 107 cm³/mol. The highest BCUT2D eigenvalue weighted by Gasteiger charge is 2.30. The molecule has 28 heavy (non-hydrogen) atoms. The molecule has 10 heteroatoms. The predicted octanol–water partition coefficient (Wildman–Crippen LogP) is 2.40. The molecule has 0 bridgehead atoms. The molecule has 2 heterocycles. The van der Waals surface area contributed by atoms with Gasteiger partial charge in [-0.1, -0.05) is 16.7 Å². The minimum absolute atomic E-state index is 0.188. The van der Waals surface area contributed by atoms with Gasteiger partial charge in [-0.15, -0.1) is 5.10 Å². The van der Waals surface area contributed by atoms with E-state index in [9.17, 15) is 4.79 Å². The Morgan fingerprint density at radius 3 is 2.68 bits per heavy atom. The zero-order chi connectivity index (χ0) is 20.1. The third kappa shape index (κ3) is 5.80. The smallest absolute Gasteiger partial charge is 0.322 e. The molecular formula is C18H26ClN7O2. The van der Waals surface area contributed by atoms with Gasteiger partial charge in [0.1, 0.15) is 11.9 Å². The molecule has 0 unspecified atom stereocenters. The molecule has 1 aliphatic rings. The molecule has 0 saturated carbocycles. The number of halogens is 1. The van der Waals surface area contributed by atoms with E-state index in [0.29, 0.717) is 11.6 Å². The second-order valence-electron chi connectivity index (χ2n) is 7.47. The van der Waals surface area contributed by atoms with Crippen LogP contribution in [0.15, 0.2) is 24.3 Å². The van der Waals surface area contributed by atoms with E-state index in [1.807, 2.05) is 45.0 Å². The van der Waals surface area contributed by atoms with Crippen molar-refractivity contribution >= 4 is 23.6 Å². The van der Waals surface area contributed by atoms with Crippen molar-refractivity contribution in [2.75, 3.05) is 25.0 Å². The van der Waals surface area contributed by atoms with Crippen LogP contribution in [0, 0.1) is 0 Å². The van der Waals surface area contributed by atoms with Gasteiger partial charge in [-0.05, 0) is 56.7 Å². The average Bonchev–Trinajstić information content (AvgIpc) is 3.05. The van der Waals surface area contributed by atoms with Crippen LogP contribution in [0.2, 0.25) is 5.02 Å². The maximum absolute atomic E-state index is 12.2. The number of ether oxygens (including phenoxy) is 1. The molecule has 2 aromatic rings. The summed E-state index contributed by atoms with van der Waals surface area (Å²) >= 11 is 5.88. The first-order chi connectivity index (χ1) is 13.3. The van der Waals surface area contributed by atoms with Gasteiger partial charge in [0.15, 0.2) is 0 Å². The van der Waals surface area contributed by atoms with Crippen molar-refractivity contribution in [2.24, 2.45) is 0 Å². The Morgan fingerprint density at radius 2 is 2.04 bits per heavy atom. The number of carbonyl (C=O) groups excluding carboxylic acids is 1. The van der Waals surface area contributed by atoms with Crippen LogP contribution in [0.3, 0.4) is 0 Å². The lowest BCUT2D eigenvalue weighted by Gasteiger charge is -2.40. The van der Waals surface area contributed by atoms with Crippen LogP contribution in [0.25, 0.3) is 0 Å². The second kappa shape index (κ2) is 8.74. The Morgan fingerprint density at radius 1 is 1.32 bits per heavy atom. The summed E-state index contributed by atoms with van der Waals surface area (Å²) in [5, 5.41) is 17.9. The zero-order valence-corrected chi connectivity index (χ0v) is 17.1. The highest BCUT2D eigenvalue weighted by molar-refractivity contribution is 6.30. The van der Waals surface area contributed by atoms with E-state index in [1.54, 1.807) is 0 Å². The number of carbonyl (C=O) groups is 1. The summed E-state index contributed by atoms with van der Waals surface area (Å²) in [6.07, 6.45) is 0.996. The largest absolute Gasteiger partial charge is 0.488 e. The van der Waals surface area contributed by atoms with Crippen LogP contribution < -0.4 is 15.4 Å². The van der Waals surface area contributed by atoms with E-state index >= 15 is 0 Å². The first-order valence-electron chi connectivity index (χ1n) is 9.34. The van der Waals surface area contributed by atoms with Crippen molar-refractivity contribution in [2.45, 2.75) is 45.4 Å². The van der Waals surface area contributed by atoms with Crippen molar-refractivity contribution in [3.63, 3.8) is 0 Å². The van der Waals surface area contributed by atoms with E-state index in [0.717, 1.165) is 31.8 Å². The number of hydrogen-bond donors (Lipinski definition) is 2. The van der Waals surface area contributed by atoms with Gasteiger partial charge in [0.05, 0.1) is 6.54 Å². The Kier molecular flexibility index (Phi) is 6.35. The van der Waals surface area contributed by atoms with E-state index < -0.39 is 0 Å². The molecule has 1 fully saturated rings. The number of urea groups is 1. The number of anilines is 1. The lowest BCUT2D eigenvalue weighted by Crippen LogP contribution is -2.56. The molecule has 1 saturated heterocycles. The van der Waals surface area contributed by atoms with Gasteiger partial charge in [-0.25, -0.2) is 4.79 Å². The van der Waals surface area contributed by atoms with Crippen molar-refractivity contribution in [1.82, 2.24) is 30.4 Å². The fourth-order valence-electron chi connectivity index (χ4n) is 2.85. The number of aromatic nitrogens is 4. The lowest BCUT2D eigenvalue weighted by atomic mass is 9.99. The summed E-state index contributed by atoms with van der Waals surface area (Å²) in [5.74, 6) is 1.03. The Labute approximate surface area is 169 Å². The minimum atomic E-state index is -0.368. The number of rotatable bonds is 8. The Hall–Kier alpha value is -2.39. The van der Waals surface area contributed by atoms with Crippen molar-refractivity contribution in [3.05, 3.63) is 29.3 Å². The van der Waals surface area contributed by atoms with Gasteiger partial charge in [0.25, 0.3) is 5.95 Å². The van der Waals surface area contributed by atoms with Gasteiger partial charge in [-0.2, -0.15) is 4.80 Å². The molecule has 0 aliphatic carbocycles. The SMILES string of the molecule is CCn1nnc(NC(=O)NC(C)(C)CCN2CC(Oc3ccc(Cl)cc3)C2)n1. The highest BCUT2D eigenvalue weighted by Crippen LogP contribution is 2.21. The third-order valence-corrected chi connectivity index (χ3v) is 4.76. The standard InChI is InChI=1S/C18H26ClN7O2/c1-4-26-23-16(22-24-26)20-17(27)21-18(2,3)9-10-25-11-15(12-25)28-14-7-5-13(19)6-8-14/h5-8,15H,4,9-12H2,1-3H3,(H2,20,21,23,27). The summed E-state index contributed by atoms with van der Waals surface area (Å²) in [7, 11) is 0. The molecule has 2 amide bonds. The normalized spacial score (nSPS) is 15.1.